The van der Waals surface area contributed by atoms with Gasteiger partial charge in [0.1, 0.15) is 6.61 Å². The lowest BCUT2D eigenvalue weighted by molar-refractivity contribution is -0.142. The molecular formula is C19H16N2O5S. The quantitative estimate of drug-likeness (QED) is 0.472. The third kappa shape index (κ3) is 4.40. The Morgan fingerprint density at radius 3 is 2.70 bits per heavy atom. The van der Waals surface area contributed by atoms with Crippen molar-refractivity contribution < 1.29 is 23.4 Å². The van der Waals surface area contributed by atoms with Gasteiger partial charge >= 0.3 is 5.97 Å². The summed E-state index contributed by atoms with van der Waals surface area (Å²) in [5, 5.41) is 7.87. The van der Waals surface area contributed by atoms with Gasteiger partial charge in [0.15, 0.2) is 18.1 Å². The molecule has 2 aromatic carbocycles. The van der Waals surface area contributed by atoms with E-state index in [1.54, 1.807) is 0 Å². The molecule has 0 spiro atoms. The largest absolute Gasteiger partial charge is 0.485 e. The Bertz CT molecular complexity index is 915. The van der Waals surface area contributed by atoms with Crippen LogP contribution in [0, 0.1) is 0 Å². The van der Waals surface area contributed by atoms with E-state index in [9.17, 15) is 4.79 Å². The maximum atomic E-state index is 11.9. The maximum absolute atomic E-state index is 11.9. The van der Waals surface area contributed by atoms with Crippen LogP contribution in [0.3, 0.4) is 0 Å². The van der Waals surface area contributed by atoms with Crippen LogP contribution in [0.1, 0.15) is 17.9 Å². The fourth-order valence-electron chi connectivity index (χ4n) is 2.44. The Kier molecular flexibility index (Phi) is 5.24. The number of benzene rings is 2. The van der Waals surface area contributed by atoms with Crippen molar-refractivity contribution in [1.29, 1.82) is 0 Å². The average Bonchev–Trinajstić information content (AvgIpc) is 3.20. The molecule has 0 saturated heterocycles. The van der Waals surface area contributed by atoms with Crippen molar-refractivity contribution >= 4 is 17.7 Å². The number of nitrogens with zero attached hydrogens (tertiary/aromatic N) is 2. The molecule has 0 saturated carbocycles. The second-order valence-corrected chi connectivity index (χ2v) is 6.71. The summed E-state index contributed by atoms with van der Waals surface area (Å²) < 4.78 is 22.2. The molecule has 0 aliphatic carbocycles. The van der Waals surface area contributed by atoms with Gasteiger partial charge in [-0.15, -0.1) is 22.0 Å². The molecule has 0 N–H and O–H groups in total. The number of thioether (sulfide) groups is 1. The normalized spacial score (nSPS) is 15.3. The number of esters is 1. The molecule has 27 heavy (non-hydrogen) atoms. The van der Waals surface area contributed by atoms with Gasteiger partial charge < -0.3 is 18.6 Å². The minimum atomic E-state index is -0.495. The molecule has 1 aliphatic heterocycles. The summed E-state index contributed by atoms with van der Waals surface area (Å²) in [7, 11) is 0. The highest BCUT2D eigenvalue weighted by Gasteiger charge is 2.27. The van der Waals surface area contributed by atoms with Crippen molar-refractivity contribution in [2.75, 3.05) is 12.4 Å². The highest BCUT2D eigenvalue weighted by atomic mass is 32.2. The molecule has 3 aromatic rings. The highest BCUT2D eigenvalue weighted by Crippen LogP contribution is 2.35. The summed E-state index contributed by atoms with van der Waals surface area (Å²) in [5.41, 5.74) is 0. The van der Waals surface area contributed by atoms with Gasteiger partial charge in [-0.05, 0) is 24.3 Å². The molecule has 0 radical (unpaired) electrons. The molecule has 138 valence electrons. The van der Waals surface area contributed by atoms with Gasteiger partial charge in [-0.1, -0.05) is 30.3 Å². The van der Waals surface area contributed by atoms with Crippen LogP contribution < -0.4 is 9.47 Å². The highest BCUT2D eigenvalue weighted by molar-refractivity contribution is 8.00. The number of carbonyl (C=O) groups excluding carboxylic acids is 1. The smallest absolute Gasteiger partial charge is 0.316 e. The van der Waals surface area contributed by atoms with Gasteiger partial charge in [0.05, 0.1) is 5.75 Å². The molecule has 2 heterocycles. The number of para-hydroxylation sites is 2. The number of carbonyl (C=O) groups is 1. The average molecular weight is 384 g/mol. The van der Waals surface area contributed by atoms with Crippen molar-refractivity contribution in [2.45, 2.75) is 17.6 Å². The number of fused-ring (bicyclic) bond motifs is 1. The first-order valence-corrected chi connectivity index (χ1v) is 9.31. The predicted octanol–water partition coefficient (Wildman–Crippen LogP) is 3.42. The Labute approximate surface area is 159 Å². The van der Waals surface area contributed by atoms with Crippen molar-refractivity contribution in [1.82, 2.24) is 10.2 Å². The molecule has 0 unspecified atom stereocenters. The van der Waals surface area contributed by atoms with Crippen molar-refractivity contribution in [3.8, 4) is 11.5 Å². The number of hydrogen-bond donors (Lipinski definition) is 0. The second-order valence-electron chi connectivity index (χ2n) is 5.66. The summed E-state index contributed by atoms with van der Waals surface area (Å²) in [6, 6.07) is 17.0. The van der Waals surface area contributed by atoms with Crippen LogP contribution in [0.5, 0.6) is 11.5 Å². The van der Waals surface area contributed by atoms with Crippen LogP contribution in [0.2, 0.25) is 0 Å². The SMILES string of the molecule is O=C(CSc1ccccc1)OCc1nnc([C@@H]2COc3ccccc3O2)o1. The van der Waals surface area contributed by atoms with E-state index in [2.05, 4.69) is 10.2 Å². The zero-order valence-electron chi connectivity index (χ0n) is 14.2. The lowest BCUT2D eigenvalue weighted by Gasteiger charge is -2.23. The van der Waals surface area contributed by atoms with E-state index < -0.39 is 6.10 Å². The number of aromatic nitrogens is 2. The maximum Gasteiger partial charge on any atom is 0.316 e. The van der Waals surface area contributed by atoms with E-state index in [1.807, 2.05) is 54.6 Å². The van der Waals surface area contributed by atoms with Crippen LogP contribution in [0.25, 0.3) is 0 Å². The van der Waals surface area contributed by atoms with E-state index >= 15 is 0 Å². The first-order valence-electron chi connectivity index (χ1n) is 8.32. The van der Waals surface area contributed by atoms with Crippen LogP contribution >= 0.6 is 11.8 Å². The molecule has 1 aromatic heterocycles. The topological polar surface area (TPSA) is 83.7 Å². The molecular weight excluding hydrogens is 368 g/mol. The van der Waals surface area contributed by atoms with Crippen LogP contribution in [-0.4, -0.2) is 28.5 Å². The van der Waals surface area contributed by atoms with Crippen molar-refractivity contribution in [2.24, 2.45) is 0 Å². The molecule has 8 heteroatoms. The molecule has 0 bridgehead atoms. The summed E-state index contributed by atoms with van der Waals surface area (Å²) in [4.78, 5) is 12.9. The summed E-state index contributed by atoms with van der Waals surface area (Å²) in [6.07, 6.45) is -0.495. The van der Waals surface area contributed by atoms with Gasteiger partial charge in [0, 0.05) is 4.90 Å². The predicted molar refractivity (Wildman–Crippen MR) is 96.6 cm³/mol. The third-order valence-electron chi connectivity index (χ3n) is 3.72. The lowest BCUT2D eigenvalue weighted by Crippen LogP contribution is -2.21. The first-order chi connectivity index (χ1) is 13.3. The minimum Gasteiger partial charge on any atom is -0.485 e. The zero-order chi connectivity index (χ0) is 18.5. The van der Waals surface area contributed by atoms with E-state index in [4.69, 9.17) is 18.6 Å². The van der Waals surface area contributed by atoms with E-state index in [0.29, 0.717) is 11.5 Å². The molecule has 4 rings (SSSR count). The van der Waals surface area contributed by atoms with Crippen molar-refractivity contribution in [3.05, 3.63) is 66.4 Å². The van der Waals surface area contributed by atoms with Crippen molar-refractivity contribution in [3.63, 3.8) is 0 Å². The molecule has 0 fully saturated rings. The molecule has 7 nitrogen and oxygen atoms in total. The van der Waals surface area contributed by atoms with Crippen LogP contribution in [-0.2, 0) is 16.1 Å². The van der Waals surface area contributed by atoms with Gasteiger partial charge in [0.2, 0.25) is 6.10 Å². The fraction of sp³-hybridized carbons (Fsp3) is 0.211. The van der Waals surface area contributed by atoms with Gasteiger partial charge in [-0.3, -0.25) is 4.79 Å². The minimum absolute atomic E-state index is 0.0780. The zero-order valence-corrected chi connectivity index (χ0v) is 15.1. The van der Waals surface area contributed by atoms with Gasteiger partial charge in [-0.25, -0.2) is 0 Å². The number of ether oxygens (including phenoxy) is 3. The van der Waals surface area contributed by atoms with Crippen LogP contribution in [0.15, 0.2) is 63.9 Å². The molecule has 1 aliphatic rings. The van der Waals surface area contributed by atoms with Gasteiger partial charge in [-0.2, -0.15) is 0 Å². The van der Waals surface area contributed by atoms with Gasteiger partial charge in [0.25, 0.3) is 11.8 Å². The molecule has 1 atom stereocenters. The van der Waals surface area contributed by atoms with Crippen LogP contribution in [0.4, 0.5) is 0 Å². The Morgan fingerprint density at radius 2 is 1.85 bits per heavy atom. The summed E-state index contributed by atoms with van der Waals surface area (Å²) >= 11 is 1.41. The number of hydrogen-bond acceptors (Lipinski definition) is 8. The summed E-state index contributed by atoms with van der Waals surface area (Å²) in [6.45, 7) is 0.192. The Morgan fingerprint density at radius 1 is 1.07 bits per heavy atom. The monoisotopic (exact) mass is 384 g/mol. The Hall–Kier alpha value is -3.00. The fourth-order valence-corrected chi connectivity index (χ4v) is 3.16. The lowest BCUT2D eigenvalue weighted by atomic mass is 10.2. The number of rotatable bonds is 6. The van der Waals surface area contributed by atoms with E-state index in [-0.39, 0.29) is 36.7 Å². The third-order valence-corrected chi connectivity index (χ3v) is 4.71. The van der Waals surface area contributed by atoms with E-state index in [1.165, 1.54) is 11.8 Å². The standard InChI is InChI=1S/C19H16N2O5S/c22-18(12-27-13-6-2-1-3-7-13)24-11-17-20-21-19(26-17)16-10-23-14-8-4-5-9-15(14)25-16/h1-9,16H,10-12H2/t16-/m0/s1. The summed E-state index contributed by atoms with van der Waals surface area (Å²) in [5.74, 6) is 1.66. The first kappa shape index (κ1) is 17.4. The Balaban J connectivity index is 1.28. The van der Waals surface area contributed by atoms with E-state index in [0.717, 1.165) is 4.90 Å². The second kappa shape index (κ2) is 8.13. The molecule has 0 amide bonds.